The van der Waals surface area contributed by atoms with Gasteiger partial charge in [0.1, 0.15) is 0 Å². The molecule has 0 aromatic carbocycles. The van der Waals surface area contributed by atoms with Crippen molar-refractivity contribution in [3.63, 3.8) is 0 Å². The molecule has 2 nitrogen and oxygen atoms in total. The van der Waals surface area contributed by atoms with Crippen molar-refractivity contribution >= 4 is 11.3 Å². The van der Waals surface area contributed by atoms with Crippen molar-refractivity contribution in [1.82, 2.24) is 5.32 Å². The average Bonchev–Trinajstić information content (AvgIpc) is 2.91. The van der Waals surface area contributed by atoms with Gasteiger partial charge in [0.2, 0.25) is 0 Å². The lowest BCUT2D eigenvalue weighted by atomic mass is 10.0. The summed E-state index contributed by atoms with van der Waals surface area (Å²) in [5.41, 5.74) is 0. The molecule has 1 aromatic rings. The lowest BCUT2D eigenvalue weighted by Crippen LogP contribution is -2.43. The van der Waals surface area contributed by atoms with Gasteiger partial charge in [-0.2, -0.15) is 0 Å². The van der Waals surface area contributed by atoms with Crippen LogP contribution in [0.1, 0.15) is 56.7 Å². The Labute approximate surface area is 128 Å². The molecule has 20 heavy (non-hydrogen) atoms. The largest absolute Gasteiger partial charge is 0.377 e. The smallest absolute Gasteiger partial charge is 0.0731 e. The predicted octanol–water partition coefficient (Wildman–Crippen LogP) is 4.43. The number of rotatable bonds is 11. The highest BCUT2D eigenvalue weighted by atomic mass is 32.1. The molecule has 2 atom stereocenters. The first-order valence-electron chi connectivity index (χ1n) is 8.17. The Kier molecular flexibility index (Phi) is 9.16. The van der Waals surface area contributed by atoms with E-state index in [1.165, 1.54) is 22.6 Å². The second kappa shape index (κ2) is 10.4. The molecule has 3 heteroatoms. The number of aryl methyl sites for hydroxylation is 1. The van der Waals surface area contributed by atoms with Crippen molar-refractivity contribution < 1.29 is 4.74 Å². The van der Waals surface area contributed by atoms with Crippen LogP contribution in [0.2, 0.25) is 0 Å². The minimum Gasteiger partial charge on any atom is -0.377 e. The Bertz CT molecular complexity index is 345. The van der Waals surface area contributed by atoms with Crippen molar-refractivity contribution in [1.29, 1.82) is 0 Å². The van der Waals surface area contributed by atoms with Crippen LogP contribution in [0, 0.1) is 0 Å². The van der Waals surface area contributed by atoms with Crippen molar-refractivity contribution in [3.05, 3.63) is 21.9 Å². The molecule has 0 saturated carbocycles. The van der Waals surface area contributed by atoms with E-state index in [0.29, 0.717) is 12.1 Å². The maximum atomic E-state index is 5.99. The quantitative estimate of drug-likeness (QED) is 0.652. The molecule has 1 heterocycles. The molecule has 0 spiro atoms. The molecule has 0 bridgehead atoms. The standard InChI is InChI=1S/C17H31NOS/c1-5-9-17(19-8-4)16(18-12-6-2)13-15-11-10-14(7-3)20-15/h10-11,16-18H,5-9,12-13H2,1-4H3. The number of hydrogen-bond donors (Lipinski definition) is 1. The molecule has 0 aliphatic rings. The van der Waals surface area contributed by atoms with Crippen molar-refractivity contribution in [3.8, 4) is 0 Å². The maximum Gasteiger partial charge on any atom is 0.0731 e. The first-order chi connectivity index (χ1) is 9.74. The zero-order chi connectivity index (χ0) is 14.8. The molecule has 1 N–H and O–H groups in total. The molecule has 0 aliphatic heterocycles. The second-order valence-electron chi connectivity index (χ2n) is 5.27. The zero-order valence-electron chi connectivity index (χ0n) is 13.6. The van der Waals surface area contributed by atoms with Crippen molar-refractivity contribution in [2.24, 2.45) is 0 Å². The summed E-state index contributed by atoms with van der Waals surface area (Å²) in [4.78, 5) is 2.97. The fourth-order valence-electron chi connectivity index (χ4n) is 2.50. The highest BCUT2D eigenvalue weighted by molar-refractivity contribution is 7.11. The van der Waals surface area contributed by atoms with E-state index in [1.807, 2.05) is 11.3 Å². The second-order valence-corrected chi connectivity index (χ2v) is 6.52. The lowest BCUT2D eigenvalue weighted by molar-refractivity contribution is 0.0284. The molecular weight excluding hydrogens is 266 g/mol. The van der Waals surface area contributed by atoms with Crippen LogP contribution in [0.5, 0.6) is 0 Å². The van der Waals surface area contributed by atoms with Crippen molar-refractivity contribution in [2.45, 2.75) is 71.9 Å². The van der Waals surface area contributed by atoms with E-state index in [4.69, 9.17) is 4.74 Å². The monoisotopic (exact) mass is 297 g/mol. The zero-order valence-corrected chi connectivity index (χ0v) is 14.4. The Morgan fingerprint density at radius 3 is 2.40 bits per heavy atom. The van der Waals surface area contributed by atoms with Gasteiger partial charge in [0, 0.05) is 22.4 Å². The van der Waals surface area contributed by atoms with Gasteiger partial charge in [0.05, 0.1) is 6.10 Å². The highest BCUT2D eigenvalue weighted by Gasteiger charge is 2.21. The number of nitrogens with one attached hydrogen (secondary N) is 1. The van der Waals surface area contributed by atoms with E-state index < -0.39 is 0 Å². The Morgan fingerprint density at radius 2 is 1.85 bits per heavy atom. The maximum absolute atomic E-state index is 5.99. The molecular formula is C17H31NOS. The van der Waals surface area contributed by atoms with Gasteiger partial charge in [0.15, 0.2) is 0 Å². The fraction of sp³-hybridized carbons (Fsp3) is 0.765. The van der Waals surface area contributed by atoms with E-state index in [0.717, 1.165) is 32.4 Å². The molecule has 0 amide bonds. The fourth-order valence-corrected chi connectivity index (χ4v) is 3.52. The van der Waals surface area contributed by atoms with Gasteiger partial charge in [-0.15, -0.1) is 11.3 Å². The normalized spacial score (nSPS) is 14.4. The van der Waals surface area contributed by atoms with Crippen LogP contribution in [-0.4, -0.2) is 25.3 Å². The average molecular weight is 298 g/mol. The summed E-state index contributed by atoms with van der Waals surface area (Å²) in [6, 6.07) is 5.00. The minimum absolute atomic E-state index is 0.337. The Balaban J connectivity index is 2.69. The molecule has 116 valence electrons. The van der Waals surface area contributed by atoms with E-state index >= 15 is 0 Å². The number of thiophene rings is 1. The van der Waals surface area contributed by atoms with Crippen LogP contribution in [-0.2, 0) is 17.6 Å². The third-order valence-corrected chi connectivity index (χ3v) is 4.80. The van der Waals surface area contributed by atoms with Gasteiger partial charge in [0.25, 0.3) is 0 Å². The van der Waals surface area contributed by atoms with Gasteiger partial charge < -0.3 is 10.1 Å². The molecule has 2 unspecified atom stereocenters. The third kappa shape index (κ3) is 5.94. The topological polar surface area (TPSA) is 21.3 Å². The highest BCUT2D eigenvalue weighted by Crippen LogP contribution is 2.21. The Hall–Kier alpha value is -0.380. The molecule has 0 aliphatic carbocycles. The van der Waals surface area contributed by atoms with E-state index in [2.05, 4.69) is 45.1 Å². The van der Waals surface area contributed by atoms with Crippen LogP contribution in [0.3, 0.4) is 0 Å². The van der Waals surface area contributed by atoms with E-state index in [1.54, 1.807) is 0 Å². The van der Waals surface area contributed by atoms with Gasteiger partial charge in [-0.1, -0.05) is 27.2 Å². The first kappa shape index (κ1) is 17.7. The summed E-state index contributed by atoms with van der Waals surface area (Å²) < 4.78 is 5.99. The SMILES string of the molecule is CCCNC(Cc1ccc(CC)s1)C(CCC)OCC. The van der Waals surface area contributed by atoms with Crippen LogP contribution < -0.4 is 5.32 Å². The summed E-state index contributed by atoms with van der Waals surface area (Å²) in [5.74, 6) is 0. The molecule has 0 saturated heterocycles. The third-order valence-electron chi connectivity index (χ3n) is 3.55. The lowest BCUT2D eigenvalue weighted by Gasteiger charge is -2.27. The number of hydrogen-bond acceptors (Lipinski definition) is 3. The van der Waals surface area contributed by atoms with Crippen molar-refractivity contribution in [2.75, 3.05) is 13.2 Å². The van der Waals surface area contributed by atoms with E-state index in [9.17, 15) is 0 Å². The van der Waals surface area contributed by atoms with Crippen LogP contribution in [0.15, 0.2) is 12.1 Å². The predicted molar refractivity (Wildman–Crippen MR) is 89.8 cm³/mol. The molecule has 0 radical (unpaired) electrons. The summed E-state index contributed by atoms with van der Waals surface area (Å²) in [6.45, 7) is 10.7. The van der Waals surface area contributed by atoms with Crippen LogP contribution in [0.4, 0.5) is 0 Å². The minimum atomic E-state index is 0.337. The van der Waals surface area contributed by atoms with Crippen LogP contribution in [0.25, 0.3) is 0 Å². The van der Waals surface area contributed by atoms with Gasteiger partial charge in [-0.25, -0.2) is 0 Å². The molecule has 1 aromatic heterocycles. The molecule has 0 fully saturated rings. The van der Waals surface area contributed by atoms with Gasteiger partial charge >= 0.3 is 0 Å². The van der Waals surface area contributed by atoms with Crippen LogP contribution >= 0.6 is 11.3 Å². The number of ether oxygens (including phenoxy) is 1. The molecule has 1 rings (SSSR count). The summed E-state index contributed by atoms with van der Waals surface area (Å²) in [6.07, 6.45) is 6.06. The summed E-state index contributed by atoms with van der Waals surface area (Å²) in [7, 11) is 0. The summed E-state index contributed by atoms with van der Waals surface area (Å²) in [5, 5.41) is 3.70. The Morgan fingerprint density at radius 1 is 1.10 bits per heavy atom. The van der Waals surface area contributed by atoms with Gasteiger partial charge in [-0.3, -0.25) is 0 Å². The summed E-state index contributed by atoms with van der Waals surface area (Å²) >= 11 is 1.95. The van der Waals surface area contributed by atoms with Gasteiger partial charge in [-0.05, 0) is 51.3 Å². The first-order valence-corrected chi connectivity index (χ1v) is 8.99. The van der Waals surface area contributed by atoms with E-state index in [-0.39, 0.29) is 0 Å².